The fourth-order valence-corrected chi connectivity index (χ4v) is 2.19. The largest absolute Gasteiger partial charge is 0.497 e. The number of rotatable bonds is 6. The molecule has 1 aromatic carbocycles. The van der Waals surface area contributed by atoms with Gasteiger partial charge < -0.3 is 10.1 Å². The quantitative estimate of drug-likeness (QED) is 0.752. The highest BCUT2D eigenvalue weighted by Gasteiger charge is 2.01. The van der Waals surface area contributed by atoms with Crippen LogP contribution < -0.4 is 10.1 Å². The van der Waals surface area contributed by atoms with Gasteiger partial charge in [-0.05, 0) is 37.7 Å². The molecule has 1 unspecified atom stereocenters. The highest BCUT2D eigenvalue weighted by atomic mass is 32.2. The van der Waals surface area contributed by atoms with Gasteiger partial charge in [0.05, 0.1) is 7.11 Å². The third-order valence-corrected chi connectivity index (χ3v) is 3.38. The number of thioether (sulfide) groups is 1. The zero-order valence-corrected chi connectivity index (χ0v) is 10.4. The molecule has 0 aliphatic carbocycles. The van der Waals surface area contributed by atoms with Crippen molar-refractivity contribution in [2.45, 2.75) is 24.8 Å². The summed E-state index contributed by atoms with van der Waals surface area (Å²) in [5.41, 5.74) is 0. The van der Waals surface area contributed by atoms with Gasteiger partial charge in [-0.15, -0.1) is 11.8 Å². The Balaban J connectivity index is 2.37. The first-order chi connectivity index (χ1) is 7.26. The van der Waals surface area contributed by atoms with Gasteiger partial charge in [-0.2, -0.15) is 0 Å². The molecule has 0 saturated heterocycles. The molecule has 1 rings (SSSR count). The molecular formula is C12H19NOS. The van der Waals surface area contributed by atoms with Gasteiger partial charge in [0.2, 0.25) is 0 Å². The molecule has 1 aromatic rings. The van der Waals surface area contributed by atoms with E-state index in [0.717, 1.165) is 18.0 Å². The SMILES string of the molecule is CCNC(C)CSc1ccc(OC)cc1. The van der Waals surface area contributed by atoms with Gasteiger partial charge in [-0.3, -0.25) is 0 Å². The predicted octanol–water partition coefficient (Wildman–Crippen LogP) is 2.79. The number of benzene rings is 1. The van der Waals surface area contributed by atoms with Gasteiger partial charge >= 0.3 is 0 Å². The summed E-state index contributed by atoms with van der Waals surface area (Å²) in [4.78, 5) is 1.29. The molecule has 0 radical (unpaired) electrons. The van der Waals surface area contributed by atoms with Crippen LogP contribution in [-0.4, -0.2) is 25.4 Å². The van der Waals surface area contributed by atoms with E-state index >= 15 is 0 Å². The second-order valence-corrected chi connectivity index (χ2v) is 4.54. The van der Waals surface area contributed by atoms with Gasteiger partial charge in [-0.25, -0.2) is 0 Å². The molecule has 15 heavy (non-hydrogen) atoms. The number of methoxy groups -OCH3 is 1. The van der Waals surface area contributed by atoms with Crippen LogP contribution in [-0.2, 0) is 0 Å². The van der Waals surface area contributed by atoms with Crippen molar-refractivity contribution in [1.82, 2.24) is 5.32 Å². The molecule has 2 nitrogen and oxygen atoms in total. The molecule has 0 aliphatic heterocycles. The molecule has 1 N–H and O–H groups in total. The summed E-state index contributed by atoms with van der Waals surface area (Å²) < 4.78 is 5.11. The molecule has 0 heterocycles. The van der Waals surface area contributed by atoms with Crippen molar-refractivity contribution in [3.05, 3.63) is 24.3 Å². The lowest BCUT2D eigenvalue weighted by Gasteiger charge is -2.11. The molecule has 0 aromatic heterocycles. The standard InChI is InChI=1S/C12H19NOS/c1-4-13-10(2)9-15-12-7-5-11(14-3)6-8-12/h5-8,10,13H,4,9H2,1-3H3. The van der Waals surface area contributed by atoms with E-state index in [-0.39, 0.29) is 0 Å². The van der Waals surface area contributed by atoms with E-state index in [1.807, 2.05) is 23.9 Å². The Kier molecular flexibility index (Phi) is 5.58. The smallest absolute Gasteiger partial charge is 0.118 e. The van der Waals surface area contributed by atoms with Crippen LogP contribution in [0.25, 0.3) is 0 Å². The van der Waals surface area contributed by atoms with E-state index in [0.29, 0.717) is 6.04 Å². The van der Waals surface area contributed by atoms with Gasteiger partial charge in [0.25, 0.3) is 0 Å². The van der Waals surface area contributed by atoms with Crippen molar-refractivity contribution in [2.24, 2.45) is 0 Å². The molecule has 0 fully saturated rings. The van der Waals surface area contributed by atoms with E-state index in [9.17, 15) is 0 Å². The summed E-state index contributed by atoms with van der Waals surface area (Å²) in [6, 6.07) is 8.76. The van der Waals surface area contributed by atoms with Crippen LogP contribution in [0, 0.1) is 0 Å². The summed E-state index contributed by atoms with van der Waals surface area (Å²) in [6.07, 6.45) is 0. The molecule has 0 saturated carbocycles. The first-order valence-electron chi connectivity index (χ1n) is 5.26. The fourth-order valence-electron chi connectivity index (χ4n) is 1.30. The van der Waals surface area contributed by atoms with Crippen molar-refractivity contribution in [1.29, 1.82) is 0 Å². The van der Waals surface area contributed by atoms with E-state index < -0.39 is 0 Å². The average molecular weight is 225 g/mol. The second kappa shape index (κ2) is 6.75. The van der Waals surface area contributed by atoms with E-state index in [2.05, 4.69) is 31.3 Å². The van der Waals surface area contributed by atoms with Crippen molar-refractivity contribution in [3.63, 3.8) is 0 Å². The van der Waals surface area contributed by atoms with Crippen molar-refractivity contribution < 1.29 is 4.74 Å². The Morgan fingerprint density at radius 3 is 2.53 bits per heavy atom. The summed E-state index contributed by atoms with van der Waals surface area (Å²) in [5.74, 6) is 2.01. The predicted molar refractivity (Wildman–Crippen MR) is 66.9 cm³/mol. The molecule has 3 heteroatoms. The van der Waals surface area contributed by atoms with Crippen LogP contribution in [0.15, 0.2) is 29.2 Å². The Morgan fingerprint density at radius 1 is 1.33 bits per heavy atom. The topological polar surface area (TPSA) is 21.3 Å². The molecule has 0 amide bonds. The Hall–Kier alpha value is -0.670. The van der Waals surface area contributed by atoms with Gasteiger partial charge in [0.15, 0.2) is 0 Å². The normalized spacial score (nSPS) is 12.5. The number of ether oxygens (including phenoxy) is 1. The van der Waals surface area contributed by atoms with Gasteiger partial charge in [0, 0.05) is 16.7 Å². The monoisotopic (exact) mass is 225 g/mol. The molecular weight excluding hydrogens is 206 g/mol. The maximum atomic E-state index is 5.11. The zero-order chi connectivity index (χ0) is 11.1. The molecule has 0 aliphatic rings. The van der Waals surface area contributed by atoms with Gasteiger partial charge in [0.1, 0.15) is 5.75 Å². The first kappa shape index (κ1) is 12.4. The van der Waals surface area contributed by atoms with E-state index in [1.165, 1.54) is 4.90 Å². The fraction of sp³-hybridized carbons (Fsp3) is 0.500. The lowest BCUT2D eigenvalue weighted by atomic mass is 10.3. The molecule has 84 valence electrons. The van der Waals surface area contributed by atoms with Crippen LogP contribution >= 0.6 is 11.8 Å². The lowest BCUT2D eigenvalue weighted by molar-refractivity contribution is 0.414. The Labute approximate surface area is 96.4 Å². The zero-order valence-electron chi connectivity index (χ0n) is 9.62. The van der Waals surface area contributed by atoms with Crippen LogP contribution in [0.1, 0.15) is 13.8 Å². The third-order valence-electron chi connectivity index (χ3n) is 2.11. The molecule has 0 bridgehead atoms. The maximum Gasteiger partial charge on any atom is 0.118 e. The summed E-state index contributed by atoms with van der Waals surface area (Å²) in [7, 11) is 1.69. The maximum absolute atomic E-state index is 5.11. The Bertz CT molecular complexity index is 273. The minimum atomic E-state index is 0.558. The molecule has 1 atom stereocenters. The number of hydrogen-bond acceptors (Lipinski definition) is 3. The van der Waals surface area contributed by atoms with Gasteiger partial charge in [-0.1, -0.05) is 6.92 Å². The van der Waals surface area contributed by atoms with Crippen LogP contribution in [0.3, 0.4) is 0 Å². The summed E-state index contributed by atoms with van der Waals surface area (Å²) in [6.45, 7) is 5.37. The van der Waals surface area contributed by atoms with Crippen LogP contribution in [0.5, 0.6) is 5.75 Å². The average Bonchev–Trinajstić information content (AvgIpc) is 2.27. The van der Waals surface area contributed by atoms with E-state index in [1.54, 1.807) is 7.11 Å². The number of nitrogens with one attached hydrogen (secondary N) is 1. The number of hydrogen-bond donors (Lipinski definition) is 1. The highest BCUT2D eigenvalue weighted by molar-refractivity contribution is 7.99. The highest BCUT2D eigenvalue weighted by Crippen LogP contribution is 2.21. The third kappa shape index (κ3) is 4.58. The van der Waals surface area contributed by atoms with Crippen molar-refractivity contribution in [2.75, 3.05) is 19.4 Å². The second-order valence-electron chi connectivity index (χ2n) is 3.45. The van der Waals surface area contributed by atoms with Crippen LogP contribution in [0.2, 0.25) is 0 Å². The Morgan fingerprint density at radius 2 is 2.00 bits per heavy atom. The van der Waals surface area contributed by atoms with Crippen molar-refractivity contribution in [3.8, 4) is 5.75 Å². The lowest BCUT2D eigenvalue weighted by Crippen LogP contribution is -2.27. The minimum Gasteiger partial charge on any atom is -0.497 e. The summed E-state index contributed by atoms with van der Waals surface area (Å²) in [5, 5.41) is 3.39. The van der Waals surface area contributed by atoms with E-state index in [4.69, 9.17) is 4.74 Å². The first-order valence-corrected chi connectivity index (χ1v) is 6.25. The van der Waals surface area contributed by atoms with Crippen LogP contribution in [0.4, 0.5) is 0 Å². The van der Waals surface area contributed by atoms with Crippen molar-refractivity contribution >= 4 is 11.8 Å². The minimum absolute atomic E-state index is 0.558. The molecule has 0 spiro atoms. The summed E-state index contributed by atoms with van der Waals surface area (Å²) >= 11 is 1.87.